The Morgan fingerprint density at radius 3 is 2.74 bits per heavy atom. The van der Waals surface area contributed by atoms with Crippen LogP contribution in [-0.2, 0) is 0 Å². The number of hydrogen-bond donors (Lipinski definition) is 2. The van der Waals surface area contributed by atoms with Crippen LogP contribution in [0.3, 0.4) is 0 Å². The van der Waals surface area contributed by atoms with Crippen LogP contribution < -0.4 is 10.1 Å². The minimum Gasteiger partial charge on any atom is -0.450 e. The molecule has 0 radical (unpaired) electrons. The summed E-state index contributed by atoms with van der Waals surface area (Å²) in [7, 11) is 0. The third-order valence-electron chi connectivity index (χ3n) is 2.94. The van der Waals surface area contributed by atoms with Crippen LogP contribution in [0.1, 0.15) is 17.3 Å². The fourth-order valence-corrected chi connectivity index (χ4v) is 1.86. The highest BCUT2D eigenvalue weighted by atomic mass is 16.6. The van der Waals surface area contributed by atoms with Gasteiger partial charge in [-0.15, -0.1) is 0 Å². The minimum absolute atomic E-state index is 0.0963. The van der Waals surface area contributed by atoms with E-state index in [0.29, 0.717) is 11.3 Å². The number of nitro groups is 1. The molecule has 0 fully saturated rings. The van der Waals surface area contributed by atoms with E-state index < -0.39 is 11.0 Å². The Kier molecular flexibility index (Phi) is 5.27. The fraction of sp³-hybridized carbons (Fsp3) is 0.188. The van der Waals surface area contributed by atoms with E-state index in [0.717, 1.165) is 0 Å². The number of hydrogen-bond acceptors (Lipinski definition) is 5. The van der Waals surface area contributed by atoms with Crippen LogP contribution >= 0.6 is 0 Å². The quantitative estimate of drug-likeness (QED) is 0.630. The summed E-state index contributed by atoms with van der Waals surface area (Å²) in [5.74, 6) is 0.0435. The number of amides is 1. The molecule has 7 heteroatoms. The van der Waals surface area contributed by atoms with Gasteiger partial charge in [0.2, 0.25) is 5.75 Å². The summed E-state index contributed by atoms with van der Waals surface area (Å²) in [5, 5.41) is 22.7. The Morgan fingerprint density at radius 2 is 2.04 bits per heavy atom. The van der Waals surface area contributed by atoms with Crippen molar-refractivity contribution in [3.05, 3.63) is 64.2 Å². The molecule has 0 aromatic heterocycles. The van der Waals surface area contributed by atoms with Crippen molar-refractivity contribution in [2.75, 3.05) is 6.54 Å². The van der Waals surface area contributed by atoms with Crippen molar-refractivity contribution in [2.24, 2.45) is 0 Å². The average molecular weight is 316 g/mol. The molecule has 0 saturated heterocycles. The summed E-state index contributed by atoms with van der Waals surface area (Å²) in [6.45, 7) is 1.70. The van der Waals surface area contributed by atoms with Crippen molar-refractivity contribution in [1.29, 1.82) is 0 Å². The maximum Gasteiger partial charge on any atom is 0.311 e. The number of para-hydroxylation sites is 2. The Morgan fingerprint density at radius 1 is 1.30 bits per heavy atom. The number of ether oxygens (including phenoxy) is 1. The van der Waals surface area contributed by atoms with Gasteiger partial charge in [0.25, 0.3) is 5.91 Å². The maximum absolute atomic E-state index is 11.9. The lowest BCUT2D eigenvalue weighted by atomic mass is 10.2. The molecule has 1 amide bonds. The lowest BCUT2D eigenvalue weighted by molar-refractivity contribution is -0.385. The first-order valence-corrected chi connectivity index (χ1v) is 6.95. The number of carbonyl (C=O) groups is 1. The normalized spacial score (nSPS) is 11.6. The van der Waals surface area contributed by atoms with Gasteiger partial charge in [0, 0.05) is 18.2 Å². The van der Waals surface area contributed by atoms with Gasteiger partial charge in [0.05, 0.1) is 11.0 Å². The van der Waals surface area contributed by atoms with Gasteiger partial charge >= 0.3 is 5.69 Å². The van der Waals surface area contributed by atoms with Crippen LogP contribution in [0.5, 0.6) is 11.5 Å². The third-order valence-corrected chi connectivity index (χ3v) is 2.94. The van der Waals surface area contributed by atoms with Crippen molar-refractivity contribution in [3.8, 4) is 11.5 Å². The van der Waals surface area contributed by atoms with Gasteiger partial charge in [-0.25, -0.2) is 0 Å². The van der Waals surface area contributed by atoms with Gasteiger partial charge in [0.15, 0.2) is 0 Å². The highest BCUT2D eigenvalue weighted by Gasteiger charge is 2.15. The summed E-state index contributed by atoms with van der Waals surface area (Å²) < 4.78 is 5.52. The molecule has 2 rings (SSSR count). The van der Waals surface area contributed by atoms with E-state index in [2.05, 4.69) is 5.32 Å². The highest BCUT2D eigenvalue weighted by molar-refractivity contribution is 5.94. The Hall–Kier alpha value is -2.93. The van der Waals surface area contributed by atoms with Gasteiger partial charge in [-0.2, -0.15) is 0 Å². The predicted octanol–water partition coefficient (Wildman–Crippen LogP) is 2.50. The molecule has 0 aliphatic heterocycles. The SMILES string of the molecule is CC(O)CNC(=O)c1cccc(Oc2ccccc2[N+](=O)[O-])c1. The molecule has 2 aromatic rings. The molecule has 2 aromatic carbocycles. The van der Waals surface area contributed by atoms with Crippen LogP contribution in [0.15, 0.2) is 48.5 Å². The predicted molar refractivity (Wildman–Crippen MR) is 83.6 cm³/mol. The summed E-state index contributed by atoms with van der Waals surface area (Å²) >= 11 is 0. The van der Waals surface area contributed by atoms with Crippen molar-refractivity contribution >= 4 is 11.6 Å². The molecule has 2 N–H and O–H groups in total. The highest BCUT2D eigenvalue weighted by Crippen LogP contribution is 2.30. The molecule has 0 aliphatic rings. The first kappa shape index (κ1) is 16.4. The number of nitrogens with one attached hydrogen (secondary N) is 1. The molecule has 0 bridgehead atoms. The summed E-state index contributed by atoms with van der Waals surface area (Å²) in [6.07, 6.45) is -0.648. The molecule has 7 nitrogen and oxygen atoms in total. The number of nitrogens with zero attached hydrogens (tertiary/aromatic N) is 1. The van der Waals surface area contributed by atoms with E-state index >= 15 is 0 Å². The molecular formula is C16H16N2O5. The number of rotatable bonds is 6. The Balaban J connectivity index is 2.18. The third kappa shape index (κ3) is 4.52. The molecular weight excluding hydrogens is 300 g/mol. The topological polar surface area (TPSA) is 102 Å². The summed E-state index contributed by atoms with van der Waals surface area (Å²) in [5.41, 5.74) is 0.179. The largest absolute Gasteiger partial charge is 0.450 e. The summed E-state index contributed by atoms with van der Waals surface area (Å²) in [6, 6.07) is 12.3. The Bertz CT molecular complexity index is 715. The zero-order valence-electron chi connectivity index (χ0n) is 12.4. The summed E-state index contributed by atoms with van der Waals surface area (Å²) in [4.78, 5) is 22.4. The van der Waals surface area contributed by atoms with Crippen molar-refractivity contribution in [2.45, 2.75) is 13.0 Å². The molecule has 23 heavy (non-hydrogen) atoms. The van der Waals surface area contributed by atoms with Crippen LogP contribution in [-0.4, -0.2) is 28.6 Å². The van der Waals surface area contributed by atoms with Gasteiger partial charge in [-0.05, 0) is 31.2 Å². The van der Waals surface area contributed by atoms with Crippen LogP contribution in [0.4, 0.5) is 5.69 Å². The van der Waals surface area contributed by atoms with E-state index in [1.165, 1.54) is 18.2 Å². The van der Waals surface area contributed by atoms with E-state index in [1.54, 1.807) is 37.3 Å². The van der Waals surface area contributed by atoms with Gasteiger partial charge < -0.3 is 15.2 Å². The Labute approximate surface area is 132 Å². The van der Waals surface area contributed by atoms with Gasteiger partial charge in [-0.1, -0.05) is 18.2 Å². The average Bonchev–Trinajstić information content (AvgIpc) is 2.53. The minimum atomic E-state index is -0.648. The van der Waals surface area contributed by atoms with Crippen LogP contribution in [0.25, 0.3) is 0 Å². The molecule has 1 atom stereocenters. The van der Waals surface area contributed by atoms with Crippen molar-refractivity contribution in [3.63, 3.8) is 0 Å². The second-order valence-electron chi connectivity index (χ2n) is 4.91. The zero-order chi connectivity index (χ0) is 16.8. The van der Waals surface area contributed by atoms with Crippen LogP contribution in [0, 0.1) is 10.1 Å². The smallest absolute Gasteiger partial charge is 0.311 e. The number of carbonyl (C=O) groups excluding carboxylic acids is 1. The second-order valence-corrected chi connectivity index (χ2v) is 4.91. The monoisotopic (exact) mass is 316 g/mol. The van der Waals surface area contributed by atoms with E-state index in [1.807, 2.05) is 0 Å². The number of benzene rings is 2. The number of nitro benzene ring substituents is 1. The van der Waals surface area contributed by atoms with Crippen molar-refractivity contribution in [1.82, 2.24) is 5.32 Å². The standard InChI is InChI=1S/C16H16N2O5/c1-11(19)10-17-16(20)12-5-4-6-13(9-12)23-15-8-3-2-7-14(15)18(21)22/h2-9,11,19H,10H2,1H3,(H,17,20). The number of aliphatic hydroxyl groups is 1. The lowest BCUT2D eigenvalue weighted by Crippen LogP contribution is -2.30. The molecule has 0 heterocycles. The zero-order valence-corrected chi connectivity index (χ0v) is 12.4. The van der Waals surface area contributed by atoms with Gasteiger partial charge in [0.1, 0.15) is 5.75 Å². The first-order chi connectivity index (χ1) is 11.0. The molecule has 1 unspecified atom stereocenters. The van der Waals surface area contributed by atoms with E-state index in [-0.39, 0.29) is 23.9 Å². The van der Waals surface area contributed by atoms with E-state index in [9.17, 15) is 20.0 Å². The van der Waals surface area contributed by atoms with Gasteiger partial charge in [-0.3, -0.25) is 14.9 Å². The van der Waals surface area contributed by atoms with E-state index in [4.69, 9.17) is 4.74 Å². The lowest BCUT2D eigenvalue weighted by Gasteiger charge is -2.09. The van der Waals surface area contributed by atoms with Crippen LogP contribution in [0.2, 0.25) is 0 Å². The number of aliphatic hydroxyl groups excluding tert-OH is 1. The molecule has 0 aliphatic carbocycles. The van der Waals surface area contributed by atoms with Crippen molar-refractivity contribution < 1.29 is 19.6 Å². The second kappa shape index (κ2) is 7.37. The molecule has 120 valence electrons. The first-order valence-electron chi connectivity index (χ1n) is 6.95. The molecule has 0 spiro atoms. The molecule has 0 saturated carbocycles. The fourth-order valence-electron chi connectivity index (χ4n) is 1.86. The maximum atomic E-state index is 11.9.